The van der Waals surface area contributed by atoms with Crippen LogP contribution in [0.15, 0.2) is 60.9 Å². The predicted molar refractivity (Wildman–Crippen MR) is 122 cm³/mol. The summed E-state index contributed by atoms with van der Waals surface area (Å²) in [5.41, 5.74) is 2.12. The lowest BCUT2D eigenvalue weighted by Gasteiger charge is -2.26. The van der Waals surface area contributed by atoms with E-state index in [0.717, 1.165) is 0 Å². The maximum Gasteiger partial charge on any atom is 0.276 e. The molecule has 2 aromatic carbocycles. The summed E-state index contributed by atoms with van der Waals surface area (Å²) in [6, 6.07) is 13.5. The standard InChI is InChI=1S/C24H19N5O4/c1-2-16-3-5-17(6-4-16)27-23(31)21-22(26-12-11-25-21)24(32)28-18-7-9-19(10-8-18)29-13-14-33-15-20(29)30/h1,3-12H,13-15H2,(H,27,31)(H,28,32). The number of benzene rings is 2. The van der Waals surface area contributed by atoms with Crippen molar-refractivity contribution in [2.24, 2.45) is 0 Å². The molecule has 0 spiro atoms. The van der Waals surface area contributed by atoms with E-state index in [-0.39, 0.29) is 23.9 Å². The van der Waals surface area contributed by atoms with E-state index in [4.69, 9.17) is 11.2 Å². The van der Waals surface area contributed by atoms with Gasteiger partial charge in [-0.3, -0.25) is 14.4 Å². The first-order valence-electron chi connectivity index (χ1n) is 10.0. The fourth-order valence-electron chi connectivity index (χ4n) is 3.22. The van der Waals surface area contributed by atoms with Gasteiger partial charge in [0.25, 0.3) is 17.7 Å². The Morgan fingerprint density at radius 2 is 1.45 bits per heavy atom. The van der Waals surface area contributed by atoms with Gasteiger partial charge in [0.05, 0.1) is 6.61 Å². The zero-order valence-corrected chi connectivity index (χ0v) is 17.4. The molecule has 1 aromatic heterocycles. The fraction of sp³-hybridized carbons (Fsp3) is 0.125. The van der Waals surface area contributed by atoms with Crippen molar-refractivity contribution in [3.05, 3.63) is 77.9 Å². The van der Waals surface area contributed by atoms with Crippen LogP contribution in [0.3, 0.4) is 0 Å². The average molecular weight is 441 g/mol. The molecule has 33 heavy (non-hydrogen) atoms. The van der Waals surface area contributed by atoms with Gasteiger partial charge in [0, 0.05) is 41.6 Å². The van der Waals surface area contributed by atoms with E-state index in [0.29, 0.717) is 35.8 Å². The molecule has 3 amide bonds. The zero-order valence-electron chi connectivity index (χ0n) is 17.4. The summed E-state index contributed by atoms with van der Waals surface area (Å²) in [7, 11) is 0. The Kier molecular flexibility index (Phi) is 6.38. The van der Waals surface area contributed by atoms with Crippen LogP contribution in [-0.2, 0) is 9.53 Å². The van der Waals surface area contributed by atoms with Gasteiger partial charge in [0.1, 0.15) is 6.61 Å². The number of anilines is 3. The van der Waals surface area contributed by atoms with E-state index >= 15 is 0 Å². The summed E-state index contributed by atoms with van der Waals surface area (Å²) in [6.07, 6.45) is 8.01. The highest BCUT2D eigenvalue weighted by atomic mass is 16.5. The lowest BCUT2D eigenvalue weighted by molar-refractivity contribution is -0.125. The van der Waals surface area contributed by atoms with Crippen LogP contribution < -0.4 is 15.5 Å². The highest BCUT2D eigenvalue weighted by molar-refractivity contribution is 6.13. The third-order valence-electron chi connectivity index (χ3n) is 4.86. The number of rotatable bonds is 5. The number of terminal acetylenes is 1. The van der Waals surface area contributed by atoms with Gasteiger partial charge in [-0.2, -0.15) is 0 Å². The van der Waals surface area contributed by atoms with Crippen LogP contribution in [0.1, 0.15) is 26.5 Å². The van der Waals surface area contributed by atoms with Gasteiger partial charge < -0.3 is 20.3 Å². The van der Waals surface area contributed by atoms with Crippen LogP contribution in [0.4, 0.5) is 17.1 Å². The molecular weight excluding hydrogens is 422 g/mol. The molecule has 1 fully saturated rings. The molecule has 9 heteroatoms. The Morgan fingerprint density at radius 3 is 1.97 bits per heavy atom. The molecule has 0 aliphatic carbocycles. The first-order chi connectivity index (χ1) is 16.0. The van der Waals surface area contributed by atoms with Gasteiger partial charge in [-0.05, 0) is 48.5 Å². The number of ether oxygens (including phenoxy) is 1. The molecule has 0 atom stereocenters. The number of morpholine rings is 1. The topological polar surface area (TPSA) is 114 Å². The minimum absolute atomic E-state index is 0.0457. The van der Waals surface area contributed by atoms with Crippen LogP contribution in [-0.4, -0.2) is 47.4 Å². The normalized spacial score (nSPS) is 13.2. The second-order valence-electron chi connectivity index (χ2n) is 7.03. The summed E-state index contributed by atoms with van der Waals surface area (Å²) in [5, 5.41) is 5.38. The number of nitrogens with one attached hydrogen (secondary N) is 2. The van der Waals surface area contributed by atoms with Crippen LogP contribution in [0.5, 0.6) is 0 Å². The molecule has 0 unspecified atom stereocenters. The molecule has 1 aliphatic rings. The van der Waals surface area contributed by atoms with Crippen LogP contribution in [0, 0.1) is 12.3 Å². The van der Waals surface area contributed by atoms with E-state index in [1.54, 1.807) is 53.4 Å². The minimum Gasteiger partial charge on any atom is -0.370 e. The van der Waals surface area contributed by atoms with Crippen LogP contribution in [0.25, 0.3) is 0 Å². The number of carbonyl (C=O) groups is 3. The summed E-state index contributed by atoms with van der Waals surface area (Å²) < 4.78 is 5.14. The third kappa shape index (κ3) is 5.03. The van der Waals surface area contributed by atoms with Gasteiger partial charge >= 0.3 is 0 Å². The van der Waals surface area contributed by atoms with Crippen molar-refractivity contribution < 1.29 is 19.1 Å². The number of hydrogen-bond acceptors (Lipinski definition) is 6. The molecular formula is C24H19N5O4. The van der Waals surface area contributed by atoms with Crippen molar-refractivity contribution in [2.75, 3.05) is 35.3 Å². The Labute approximate surface area is 189 Å². The monoisotopic (exact) mass is 441 g/mol. The third-order valence-corrected chi connectivity index (χ3v) is 4.86. The summed E-state index contributed by atoms with van der Waals surface area (Å²) in [5.74, 6) is 1.20. The summed E-state index contributed by atoms with van der Waals surface area (Å²) in [6.45, 7) is 0.980. The second-order valence-corrected chi connectivity index (χ2v) is 7.03. The maximum atomic E-state index is 12.8. The SMILES string of the molecule is C#Cc1ccc(NC(=O)c2nccnc2C(=O)Nc2ccc(N3CCOCC3=O)cc2)cc1. The van der Waals surface area contributed by atoms with Gasteiger partial charge in [0.2, 0.25) is 0 Å². The number of amides is 3. The molecule has 0 bridgehead atoms. The molecule has 1 saturated heterocycles. The van der Waals surface area contributed by atoms with Crippen molar-refractivity contribution >= 4 is 34.8 Å². The molecule has 0 radical (unpaired) electrons. The fourth-order valence-corrected chi connectivity index (χ4v) is 3.22. The van der Waals surface area contributed by atoms with Crippen molar-refractivity contribution in [3.63, 3.8) is 0 Å². The van der Waals surface area contributed by atoms with E-state index in [1.807, 2.05) is 0 Å². The Morgan fingerprint density at radius 1 is 0.909 bits per heavy atom. The van der Waals surface area contributed by atoms with E-state index in [2.05, 4.69) is 26.5 Å². The van der Waals surface area contributed by atoms with Gasteiger partial charge in [-0.25, -0.2) is 9.97 Å². The van der Waals surface area contributed by atoms with Gasteiger partial charge in [-0.15, -0.1) is 6.42 Å². The molecule has 9 nitrogen and oxygen atoms in total. The van der Waals surface area contributed by atoms with Crippen LogP contribution in [0.2, 0.25) is 0 Å². The zero-order chi connectivity index (χ0) is 23.2. The summed E-state index contributed by atoms with van der Waals surface area (Å²) in [4.78, 5) is 47.2. The number of aromatic nitrogens is 2. The van der Waals surface area contributed by atoms with Crippen molar-refractivity contribution in [3.8, 4) is 12.3 Å². The molecule has 164 valence electrons. The highest BCUT2D eigenvalue weighted by Gasteiger charge is 2.22. The van der Waals surface area contributed by atoms with Crippen molar-refractivity contribution in [2.45, 2.75) is 0 Å². The van der Waals surface area contributed by atoms with E-state index < -0.39 is 11.8 Å². The van der Waals surface area contributed by atoms with Crippen molar-refractivity contribution in [1.29, 1.82) is 0 Å². The highest BCUT2D eigenvalue weighted by Crippen LogP contribution is 2.20. The number of nitrogens with zero attached hydrogens (tertiary/aromatic N) is 3. The molecule has 2 N–H and O–H groups in total. The summed E-state index contributed by atoms with van der Waals surface area (Å²) >= 11 is 0. The number of carbonyl (C=O) groups excluding carboxylic acids is 3. The first-order valence-corrected chi connectivity index (χ1v) is 10.0. The second kappa shape index (κ2) is 9.72. The lowest BCUT2D eigenvalue weighted by atomic mass is 10.2. The smallest absolute Gasteiger partial charge is 0.276 e. The van der Waals surface area contributed by atoms with E-state index in [9.17, 15) is 14.4 Å². The minimum atomic E-state index is -0.592. The molecule has 1 aliphatic heterocycles. The van der Waals surface area contributed by atoms with Crippen LogP contribution >= 0.6 is 0 Å². The molecule has 3 aromatic rings. The van der Waals surface area contributed by atoms with Gasteiger partial charge in [-0.1, -0.05) is 5.92 Å². The van der Waals surface area contributed by atoms with Crippen molar-refractivity contribution in [1.82, 2.24) is 9.97 Å². The Bertz CT molecular complexity index is 1230. The molecule has 0 saturated carbocycles. The largest absolute Gasteiger partial charge is 0.370 e. The van der Waals surface area contributed by atoms with Gasteiger partial charge in [0.15, 0.2) is 11.4 Å². The quantitative estimate of drug-likeness (QED) is 0.588. The first kappa shape index (κ1) is 21.7. The lowest BCUT2D eigenvalue weighted by Crippen LogP contribution is -2.41. The maximum absolute atomic E-state index is 12.8. The Balaban J connectivity index is 1.47. The molecule has 2 heterocycles. The Hall–Kier alpha value is -4.55. The average Bonchev–Trinajstić information content (AvgIpc) is 2.85. The number of hydrogen-bond donors (Lipinski definition) is 2. The van der Waals surface area contributed by atoms with E-state index in [1.165, 1.54) is 12.4 Å². The predicted octanol–water partition coefficient (Wildman–Crippen LogP) is 2.33. The molecule has 4 rings (SSSR count).